The first kappa shape index (κ1) is 21.1. The summed E-state index contributed by atoms with van der Waals surface area (Å²) in [6, 6.07) is 13.5. The number of nitrogens with one attached hydrogen (secondary N) is 1. The van der Waals surface area contributed by atoms with Crippen LogP contribution in [0.4, 0.5) is 4.79 Å². The number of imide groups is 2. The van der Waals surface area contributed by atoms with E-state index in [0.717, 1.165) is 23.3 Å². The third-order valence-corrected chi connectivity index (χ3v) is 4.62. The standard InChI is InChI=1S/C23H24N2O5/c1-3-4-12-30-19-11-10-17(14-20(19)29-2)13-18-21(26)24-23(28)25(22(18)27)15-16-8-6-5-7-9-16/h5-11,13-14H,3-4,12,15H2,1-2H3,(H,24,26,28)/b18-13-. The fourth-order valence-electron chi connectivity index (χ4n) is 2.99. The Morgan fingerprint density at radius 2 is 1.80 bits per heavy atom. The Kier molecular flexibility index (Phi) is 6.85. The number of methoxy groups -OCH3 is 1. The van der Waals surface area contributed by atoms with E-state index in [0.29, 0.717) is 23.7 Å². The van der Waals surface area contributed by atoms with Gasteiger partial charge in [0.05, 0.1) is 20.3 Å². The van der Waals surface area contributed by atoms with Crippen molar-refractivity contribution in [3.63, 3.8) is 0 Å². The van der Waals surface area contributed by atoms with Crippen molar-refractivity contribution in [1.82, 2.24) is 10.2 Å². The van der Waals surface area contributed by atoms with Crippen LogP contribution in [0.1, 0.15) is 30.9 Å². The molecule has 0 saturated carbocycles. The highest BCUT2D eigenvalue weighted by Crippen LogP contribution is 2.29. The Bertz CT molecular complexity index is 969. The maximum Gasteiger partial charge on any atom is 0.331 e. The summed E-state index contributed by atoms with van der Waals surface area (Å²) in [6.45, 7) is 2.72. The molecule has 0 spiro atoms. The Balaban J connectivity index is 1.84. The van der Waals surface area contributed by atoms with Gasteiger partial charge in [-0.05, 0) is 35.8 Å². The van der Waals surface area contributed by atoms with Crippen molar-refractivity contribution in [2.75, 3.05) is 13.7 Å². The predicted octanol–water partition coefficient (Wildman–Crippen LogP) is 3.54. The van der Waals surface area contributed by atoms with Gasteiger partial charge < -0.3 is 9.47 Å². The molecule has 0 bridgehead atoms. The summed E-state index contributed by atoms with van der Waals surface area (Å²) >= 11 is 0. The maximum absolute atomic E-state index is 12.9. The van der Waals surface area contributed by atoms with Crippen LogP contribution in [-0.2, 0) is 16.1 Å². The predicted molar refractivity (Wildman–Crippen MR) is 112 cm³/mol. The number of carbonyl (C=O) groups excluding carboxylic acids is 3. The van der Waals surface area contributed by atoms with Gasteiger partial charge in [-0.25, -0.2) is 4.79 Å². The smallest absolute Gasteiger partial charge is 0.331 e. The molecule has 7 nitrogen and oxygen atoms in total. The van der Waals surface area contributed by atoms with Crippen molar-refractivity contribution in [1.29, 1.82) is 0 Å². The molecule has 2 aromatic carbocycles. The first-order valence-corrected chi connectivity index (χ1v) is 9.77. The zero-order valence-electron chi connectivity index (χ0n) is 17.0. The van der Waals surface area contributed by atoms with Gasteiger partial charge in [0.1, 0.15) is 5.57 Å². The number of hydrogen-bond donors (Lipinski definition) is 1. The van der Waals surface area contributed by atoms with Crippen LogP contribution in [0, 0.1) is 0 Å². The van der Waals surface area contributed by atoms with E-state index in [4.69, 9.17) is 9.47 Å². The van der Waals surface area contributed by atoms with E-state index in [2.05, 4.69) is 12.2 Å². The molecule has 1 aliphatic rings. The van der Waals surface area contributed by atoms with E-state index in [1.807, 2.05) is 30.3 Å². The molecule has 1 saturated heterocycles. The molecule has 0 unspecified atom stereocenters. The third kappa shape index (κ3) is 4.86. The van der Waals surface area contributed by atoms with Crippen molar-refractivity contribution < 1.29 is 23.9 Å². The van der Waals surface area contributed by atoms with Gasteiger partial charge in [0.2, 0.25) is 0 Å². The van der Waals surface area contributed by atoms with Crippen molar-refractivity contribution in [2.24, 2.45) is 0 Å². The number of hydrogen-bond acceptors (Lipinski definition) is 5. The Morgan fingerprint density at radius 3 is 2.50 bits per heavy atom. The van der Waals surface area contributed by atoms with Crippen molar-refractivity contribution >= 4 is 23.9 Å². The van der Waals surface area contributed by atoms with Gasteiger partial charge in [-0.2, -0.15) is 0 Å². The quantitative estimate of drug-likeness (QED) is 0.410. The number of amides is 4. The summed E-state index contributed by atoms with van der Waals surface area (Å²) < 4.78 is 11.1. The highest BCUT2D eigenvalue weighted by atomic mass is 16.5. The zero-order chi connectivity index (χ0) is 21.5. The molecule has 0 radical (unpaired) electrons. The lowest BCUT2D eigenvalue weighted by atomic mass is 10.1. The second kappa shape index (κ2) is 9.73. The van der Waals surface area contributed by atoms with Gasteiger partial charge in [-0.15, -0.1) is 0 Å². The molecule has 156 valence electrons. The lowest BCUT2D eigenvalue weighted by molar-refractivity contribution is -0.130. The lowest BCUT2D eigenvalue weighted by Gasteiger charge is -2.26. The van der Waals surface area contributed by atoms with E-state index in [-0.39, 0.29) is 12.1 Å². The third-order valence-electron chi connectivity index (χ3n) is 4.62. The van der Waals surface area contributed by atoms with Gasteiger partial charge in [-0.3, -0.25) is 19.8 Å². The average molecular weight is 408 g/mol. The summed E-state index contributed by atoms with van der Waals surface area (Å²) in [6.07, 6.45) is 3.39. The number of barbiturate groups is 1. The highest BCUT2D eigenvalue weighted by Gasteiger charge is 2.35. The molecule has 0 atom stereocenters. The molecule has 1 N–H and O–H groups in total. The Labute approximate surface area is 175 Å². The lowest BCUT2D eigenvalue weighted by Crippen LogP contribution is -2.53. The highest BCUT2D eigenvalue weighted by molar-refractivity contribution is 6.30. The topological polar surface area (TPSA) is 84.9 Å². The van der Waals surface area contributed by atoms with Gasteiger partial charge in [0.15, 0.2) is 11.5 Å². The average Bonchev–Trinajstić information content (AvgIpc) is 2.75. The number of unbranched alkanes of at least 4 members (excludes halogenated alkanes) is 1. The minimum atomic E-state index is -0.733. The normalized spacial score (nSPS) is 15.3. The molecule has 1 fully saturated rings. The van der Waals surface area contributed by atoms with Crippen molar-refractivity contribution in [3.05, 3.63) is 65.2 Å². The fraction of sp³-hybridized carbons (Fsp3) is 0.261. The molecule has 0 aliphatic carbocycles. The zero-order valence-corrected chi connectivity index (χ0v) is 17.0. The fourth-order valence-corrected chi connectivity index (χ4v) is 2.99. The van der Waals surface area contributed by atoms with Crippen LogP contribution in [0.5, 0.6) is 11.5 Å². The maximum atomic E-state index is 12.9. The number of rotatable bonds is 8. The summed E-state index contributed by atoms with van der Waals surface area (Å²) in [4.78, 5) is 38.4. The number of benzene rings is 2. The molecule has 7 heteroatoms. The molecule has 3 rings (SSSR count). The van der Waals surface area contributed by atoms with Gasteiger partial charge in [0.25, 0.3) is 11.8 Å². The van der Waals surface area contributed by atoms with Crippen molar-refractivity contribution in [2.45, 2.75) is 26.3 Å². The molecule has 1 heterocycles. The van der Waals surface area contributed by atoms with Crippen molar-refractivity contribution in [3.8, 4) is 11.5 Å². The van der Waals surface area contributed by atoms with Crippen LogP contribution in [0.25, 0.3) is 6.08 Å². The second-order valence-corrected chi connectivity index (χ2v) is 6.81. The summed E-state index contributed by atoms with van der Waals surface area (Å²) in [7, 11) is 1.53. The van der Waals surface area contributed by atoms with Crippen LogP contribution in [0.2, 0.25) is 0 Å². The molecular formula is C23H24N2O5. The van der Waals surface area contributed by atoms with E-state index in [1.54, 1.807) is 18.2 Å². The number of carbonyl (C=O) groups is 3. The molecule has 2 aromatic rings. The van der Waals surface area contributed by atoms with Gasteiger partial charge >= 0.3 is 6.03 Å². The van der Waals surface area contributed by atoms with E-state index in [1.165, 1.54) is 13.2 Å². The summed E-state index contributed by atoms with van der Waals surface area (Å²) in [5, 5.41) is 2.23. The minimum Gasteiger partial charge on any atom is -0.493 e. The van der Waals surface area contributed by atoms with Crippen LogP contribution in [0.15, 0.2) is 54.1 Å². The number of urea groups is 1. The molecule has 4 amide bonds. The molecule has 30 heavy (non-hydrogen) atoms. The Morgan fingerprint density at radius 1 is 1.03 bits per heavy atom. The molecule has 1 aliphatic heterocycles. The first-order chi connectivity index (χ1) is 14.5. The van der Waals surface area contributed by atoms with Gasteiger partial charge in [0, 0.05) is 0 Å². The SMILES string of the molecule is CCCCOc1ccc(/C=C2/C(=O)NC(=O)N(Cc3ccccc3)C2=O)cc1OC. The van der Waals surface area contributed by atoms with Crippen LogP contribution >= 0.6 is 0 Å². The van der Waals surface area contributed by atoms with Crippen LogP contribution < -0.4 is 14.8 Å². The summed E-state index contributed by atoms with van der Waals surface area (Å²) in [5.74, 6) is -0.277. The molecule has 0 aromatic heterocycles. The largest absolute Gasteiger partial charge is 0.493 e. The van der Waals surface area contributed by atoms with Crippen LogP contribution in [0.3, 0.4) is 0 Å². The second-order valence-electron chi connectivity index (χ2n) is 6.81. The monoisotopic (exact) mass is 408 g/mol. The van der Waals surface area contributed by atoms with E-state index < -0.39 is 17.8 Å². The first-order valence-electron chi connectivity index (χ1n) is 9.77. The number of ether oxygens (including phenoxy) is 2. The minimum absolute atomic E-state index is 0.0731. The summed E-state index contributed by atoms with van der Waals surface area (Å²) in [5.41, 5.74) is 1.25. The number of nitrogens with zero attached hydrogens (tertiary/aromatic N) is 1. The Hall–Kier alpha value is -3.61. The van der Waals surface area contributed by atoms with Gasteiger partial charge in [-0.1, -0.05) is 49.7 Å². The van der Waals surface area contributed by atoms with E-state index in [9.17, 15) is 14.4 Å². The molecular weight excluding hydrogens is 384 g/mol. The van der Waals surface area contributed by atoms with E-state index >= 15 is 0 Å². The van der Waals surface area contributed by atoms with Crippen LogP contribution in [-0.4, -0.2) is 36.5 Å².